The second-order valence-corrected chi connectivity index (χ2v) is 4.23. The zero-order valence-electron chi connectivity index (χ0n) is 9.74. The molecular weight excluding hydrogens is 190 g/mol. The summed E-state index contributed by atoms with van der Waals surface area (Å²) in [6, 6.07) is -0.00302. The number of carbonyl (C=O) groups is 1. The second kappa shape index (κ2) is 6.67. The van der Waals surface area contributed by atoms with E-state index in [1.165, 1.54) is 30.7 Å². The van der Waals surface area contributed by atoms with Crippen molar-refractivity contribution in [3.05, 3.63) is 0 Å². The van der Waals surface area contributed by atoms with E-state index >= 15 is 0 Å². The standard InChI is InChI=1S/C11H23N3O/c1-2-3-4-5-6-8-13-9-7-10-14(12)11(13)15/h2-10,12H2,1H3. The predicted octanol–water partition coefficient (Wildman–Crippen LogP) is 1.96. The van der Waals surface area contributed by atoms with Crippen LogP contribution in [0.1, 0.15) is 45.4 Å². The Balaban J connectivity index is 2.12. The Labute approximate surface area is 92.4 Å². The van der Waals surface area contributed by atoms with E-state index in [9.17, 15) is 4.79 Å². The SMILES string of the molecule is CCCCCCCN1CCCN(N)C1=O. The highest BCUT2D eigenvalue weighted by Crippen LogP contribution is 2.08. The van der Waals surface area contributed by atoms with E-state index in [0.717, 1.165) is 25.9 Å². The molecule has 0 radical (unpaired) electrons. The Kier molecular flexibility index (Phi) is 5.47. The van der Waals surface area contributed by atoms with E-state index in [1.807, 2.05) is 4.90 Å². The number of carbonyl (C=O) groups excluding carboxylic acids is 1. The van der Waals surface area contributed by atoms with Crippen LogP contribution in [-0.2, 0) is 0 Å². The third kappa shape index (κ3) is 4.08. The topological polar surface area (TPSA) is 49.6 Å². The summed E-state index contributed by atoms with van der Waals surface area (Å²) < 4.78 is 0. The van der Waals surface area contributed by atoms with Crippen molar-refractivity contribution in [3.8, 4) is 0 Å². The molecule has 4 nitrogen and oxygen atoms in total. The van der Waals surface area contributed by atoms with Crippen LogP contribution in [0.25, 0.3) is 0 Å². The van der Waals surface area contributed by atoms with Gasteiger partial charge in [0.25, 0.3) is 0 Å². The van der Waals surface area contributed by atoms with Crippen LogP contribution in [0.2, 0.25) is 0 Å². The first-order chi connectivity index (χ1) is 7.25. The van der Waals surface area contributed by atoms with Crippen molar-refractivity contribution in [1.82, 2.24) is 9.91 Å². The minimum absolute atomic E-state index is 0.00302. The van der Waals surface area contributed by atoms with Crippen molar-refractivity contribution in [2.24, 2.45) is 5.84 Å². The molecule has 1 aliphatic heterocycles. The van der Waals surface area contributed by atoms with E-state index in [4.69, 9.17) is 5.84 Å². The van der Waals surface area contributed by atoms with Crippen LogP contribution < -0.4 is 5.84 Å². The summed E-state index contributed by atoms with van der Waals surface area (Å²) in [5.74, 6) is 5.56. The van der Waals surface area contributed by atoms with Crippen LogP contribution >= 0.6 is 0 Å². The Hall–Kier alpha value is -0.770. The van der Waals surface area contributed by atoms with Crippen molar-refractivity contribution in [2.75, 3.05) is 19.6 Å². The average molecular weight is 213 g/mol. The third-order valence-corrected chi connectivity index (χ3v) is 2.87. The maximum Gasteiger partial charge on any atom is 0.334 e. The average Bonchev–Trinajstić information content (AvgIpc) is 2.24. The van der Waals surface area contributed by atoms with Crippen molar-refractivity contribution >= 4 is 6.03 Å². The number of rotatable bonds is 6. The molecule has 0 aromatic rings. The monoisotopic (exact) mass is 213 g/mol. The van der Waals surface area contributed by atoms with Crippen LogP contribution in [0, 0.1) is 0 Å². The number of urea groups is 1. The zero-order valence-corrected chi connectivity index (χ0v) is 9.74. The first kappa shape index (κ1) is 12.3. The molecule has 0 aliphatic carbocycles. The van der Waals surface area contributed by atoms with Gasteiger partial charge in [-0.15, -0.1) is 0 Å². The summed E-state index contributed by atoms with van der Waals surface area (Å²) in [5.41, 5.74) is 0. The molecule has 0 unspecified atom stereocenters. The smallest absolute Gasteiger partial charge is 0.323 e. The number of nitrogens with two attached hydrogens (primary N) is 1. The van der Waals surface area contributed by atoms with Gasteiger partial charge < -0.3 is 4.90 Å². The van der Waals surface area contributed by atoms with Crippen molar-refractivity contribution < 1.29 is 4.79 Å². The lowest BCUT2D eigenvalue weighted by molar-refractivity contribution is 0.129. The molecule has 88 valence electrons. The van der Waals surface area contributed by atoms with Crippen LogP contribution in [0.15, 0.2) is 0 Å². The lowest BCUT2D eigenvalue weighted by Gasteiger charge is -2.32. The van der Waals surface area contributed by atoms with Gasteiger partial charge >= 0.3 is 6.03 Å². The molecule has 0 bridgehead atoms. The summed E-state index contributed by atoms with van der Waals surface area (Å²) in [6.07, 6.45) is 7.18. The lowest BCUT2D eigenvalue weighted by atomic mass is 10.1. The molecule has 0 aromatic heterocycles. The first-order valence-electron chi connectivity index (χ1n) is 6.07. The van der Waals surface area contributed by atoms with Crippen LogP contribution in [0.5, 0.6) is 0 Å². The Morgan fingerprint density at radius 1 is 1.20 bits per heavy atom. The van der Waals surface area contributed by atoms with Crippen LogP contribution in [-0.4, -0.2) is 35.6 Å². The Morgan fingerprint density at radius 2 is 1.93 bits per heavy atom. The van der Waals surface area contributed by atoms with Gasteiger partial charge in [-0.3, -0.25) is 5.01 Å². The number of hydrogen-bond donors (Lipinski definition) is 1. The minimum atomic E-state index is -0.00302. The van der Waals surface area contributed by atoms with Gasteiger partial charge in [0.2, 0.25) is 0 Å². The van der Waals surface area contributed by atoms with Crippen LogP contribution in [0.3, 0.4) is 0 Å². The molecule has 1 rings (SSSR count). The number of unbranched alkanes of at least 4 members (excludes halogenated alkanes) is 4. The van der Waals surface area contributed by atoms with Gasteiger partial charge in [0.1, 0.15) is 0 Å². The molecule has 0 atom stereocenters. The molecule has 0 saturated carbocycles. The lowest BCUT2D eigenvalue weighted by Crippen LogP contribution is -2.52. The molecule has 15 heavy (non-hydrogen) atoms. The van der Waals surface area contributed by atoms with Gasteiger partial charge in [-0.25, -0.2) is 10.6 Å². The predicted molar refractivity (Wildman–Crippen MR) is 61.2 cm³/mol. The van der Waals surface area contributed by atoms with Crippen LogP contribution in [0.4, 0.5) is 4.79 Å². The van der Waals surface area contributed by atoms with Gasteiger partial charge in [0.15, 0.2) is 0 Å². The summed E-state index contributed by atoms with van der Waals surface area (Å²) >= 11 is 0. The van der Waals surface area contributed by atoms with Gasteiger partial charge in [-0.2, -0.15) is 0 Å². The fourth-order valence-corrected chi connectivity index (χ4v) is 1.92. The highest BCUT2D eigenvalue weighted by Gasteiger charge is 2.22. The molecule has 1 saturated heterocycles. The normalized spacial score (nSPS) is 17.3. The van der Waals surface area contributed by atoms with Gasteiger partial charge in [0.05, 0.1) is 0 Å². The van der Waals surface area contributed by atoms with Gasteiger partial charge in [-0.1, -0.05) is 32.6 Å². The molecule has 0 aromatic carbocycles. The Morgan fingerprint density at radius 3 is 2.67 bits per heavy atom. The summed E-state index contributed by atoms with van der Waals surface area (Å²) in [5, 5.41) is 1.33. The highest BCUT2D eigenvalue weighted by molar-refractivity contribution is 5.74. The minimum Gasteiger partial charge on any atom is -0.323 e. The van der Waals surface area contributed by atoms with Crippen molar-refractivity contribution in [1.29, 1.82) is 0 Å². The maximum atomic E-state index is 11.6. The number of amides is 2. The fourth-order valence-electron chi connectivity index (χ4n) is 1.92. The third-order valence-electron chi connectivity index (χ3n) is 2.87. The molecule has 0 spiro atoms. The van der Waals surface area contributed by atoms with E-state index in [-0.39, 0.29) is 6.03 Å². The molecule has 2 N–H and O–H groups in total. The second-order valence-electron chi connectivity index (χ2n) is 4.23. The molecular formula is C11H23N3O. The molecule has 4 heteroatoms. The fraction of sp³-hybridized carbons (Fsp3) is 0.909. The quantitative estimate of drug-likeness (QED) is 0.416. The summed E-state index contributed by atoms with van der Waals surface area (Å²) in [4.78, 5) is 13.4. The van der Waals surface area contributed by atoms with E-state index in [2.05, 4.69) is 6.92 Å². The molecule has 1 aliphatic rings. The van der Waals surface area contributed by atoms with Crippen molar-refractivity contribution in [2.45, 2.75) is 45.4 Å². The van der Waals surface area contributed by atoms with E-state index < -0.39 is 0 Å². The molecule has 2 amide bonds. The van der Waals surface area contributed by atoms with E-state index in [1.54, 1.807) is 0 Å². The number of hydrogen-bond acceptors (Lipinski definition) is 2. The molecule has 1 fully saturated rings. The zero-order chi connectivity index (χ0) is 11.1. The van der Waals surface area contributed by atoms with E-state index in [0.29, 0.717) is 6.54 Å². The first-order valence-corrected chi connectivity index (χ1v) is 6.07. The maximum absolute atomic E-state index is 11.6. The Bertz CT molecular complexity index is 196. The highest BCUT2D eigenvalue weighted by atomic mass is 16.2. The molecule has 1 heterocycles. The number of hydrazine groups is 1. The van der Waals surface area contributed by atoms with Gasteiger partial charge in [0, 0.05) is 19.6 Å². The summed E-state index contributed by atoms with van der Waals surface area (Å²) in [6.45, 7) is 4.65. The largest absolute Gasteiger partial charge is 0.334 e. The number of nitrogens with zero attached hydrogens (tertiary/aromatic N) is 2. The summed E-state index contributed by atoms with van der Waals surface area (Å²) in [7, 11) is 0. The van der Waals surface area contributed by atoms with Crippen molar-refractivity contribution in [3.63, 3.8) is 0 Å². The van der Waals surface area contributed by atoms with Gasteiger partial charge in [-0.05, 0) is 12.8 Å².